The van der Waals surface area contributed by atoms with Crippen molar-refractivity contribution in [3.63, 3.8) is 0 Å². The van der Waals surface area contributed by atoms with Crippen molar-refractivity contribution in [1.82, 2.24) is 5.32 Å². The van der Waals surface area contributed by atoms with Crippen molar-refractivity contribution in [1.29, 1.82) is 0 Å². The smallest absolute Gasteiger partial charge is 0.322 e. The van der Waals surface area contributed by atoms with Crippen LogP contribution in [0.15, 0.2) is 0 Å². The van der Waals surface area contributed by atoms with Crippen molar-refractivity contribution in [3.8, 4) is 0 Å². The van der Waals surface area contributed by atoms with E-state index in [9.17, 15) is 4.79 Å². The average molecular weight is 217 g/mol. The summed E-state index contributed by atoms with van der Waals surface area (Å²) in [6.07, 6.45) is 3.03. The number of ether oxygens (including phenoxy) is 2. The van der Waals surface area contributed by atoms with E-state index in [0.717, 1.165) is 19.3 Å². The van der Waals surface area contributed by atoms with E-state index < -0.39 is 0 Å². The van der Waals surface area contributed by atoms with Gasteiger partial charge in [0, 0.05) is 13.7 Å². The van der Waals surface area contributed by atoms with Gasteiger partial charge < -0.3 is 14.8 Å². The van der Waals surface area contributed by atoms with E-state index in [0.29, 0.717) is 6.54 Å². The molecule has 15 heavy (non-hydrogen) atoms. The number of esters is 1. The standard InChI is InChI=1S/C11H23NO3/c1-5-6-7-10(11(13)15-4)12-8-9(2)14-3/h9-10,12H,5-8H2,1-4H3. The van der Waals surface area contributed by atoms with Gasteiger partial charge in [-0.3, -0.25) is 4.79 Å². The van der Waals surface area contributed by atoms with Gasteiger partial charge in [-0.1, -0.05) is 19.8 Å². The lowest BCUT2D eigenvalue weighted by molar-refractivity contribution is -0.143. The van der Waals surface area contributed by atoms with Gasteiger partial charge in [-0.25, -0.2) is 0 Å². The van der Waals surface area contributed by atoms with Crippen LogP contribution < -0.4 is 5.32 Å². The van der Waals surface area contributed by atoms with Crippen LogP contribution in [0.4, 0.5) is 0 Å². The van der Waals surface area contributed by atoms with Crippen LogP contribution in [-0.2, 0) is 14.3 Å². The molecule has 4 heteroatoms. The summed E-state index contributed by atoms with van der Waals surface area (Å²) in [6, 6.07) is -0.201. The Kier molecular flexibility index (Phi) is 8.33. The highest BCUT2D eigenvalue weighted by Gasteiger charge is 2.18. The molecule has 1 N–H and O–H groups in total. The Bertz CT molecular complexity index is 173. The first-order valence-corrected chi connectivity index (χ1v) is 5.49. The minimum absolute atomic E-state index is 0.110. The third-order valence-electron chi connectivity index (χ3n) is 2.39. The molecule has 2 unspecified atom stereocenters. The Morgan fingerprint density at radius 3 is 2.53 bits per heavy atom. The maximum absolute atomic E-state index is 11.4. The highest BCUT2D eigenvalue weighted by molar-refractivity contribution is 5.75. The molecule has 0 saturated carbocycles. The van der Waals surface area contributed by atoms with Gasteiger partial charge in [-0.05, 0) is 13.3 Å². The van der Waals surface area contributed by atoms with Crippen LogP contribution in [0.25, 0.3) is 0 Å². The lowest BCUT2D eigenvalue weighted by Crippen LogP contribution is -2.41. The molecule has 0 aliphatic heterocycles. The molecule has 0 amide bonds. The molecule has 0 aromatic heterocycles. The second-order valence-electron chi connectivity index (χ2n) is 3.67. The Hall–Kier alpha value is -0.610. The van der Waals surface area contributed by atoms with Gasteiger partial charge in [0.25, 0.3) is 0 Å². The van der Waals surface area contributed by atoms with Gasteiger partial charge >= 0.3 is 5.97 Å². The highest BCUT2D eigenvalue weighted by atomic mass is 16.5. The van der Waals surface area contributed by atoms with Crippen LogP contribution in [0.3, 0.4) is 0 Å². The molecular formula is C11H23NO3. The van der Waals surface area contributed by atoms with Crippen molar-refractivity contribution < 1.29 is 14.3 Å². The fraction of sp³-hybridized carbons (Fsp3) is 0.909. The van der Waals surface area contributed by atoms with Crippen molar-refractivity contribution in [2.24, 2.45) is 0 Å². The Morgan fingerprint density at radius 1 is 1.40 bits per heavy atom. The van der Waals surface area contributed by atoms with Crippen LogP contribution in [-0.4, -0.2) is 38.9 Å². The number of hydrogen-bond donors (Lipinski definition) is 1. The fourth-order valence-electron chi connectivity index (χ4n) is 1.25. The predicted octanol–water partition coefficient (Wildman–Crippen LogP) is 1.34. The minimum atomic E-state index is -0.201. The molecule has 0 aliphatic carbocycles. The maximum atomic E-state index is 11.4. The lowest BCUT2D eigenvalue weighted by Gasteiger charge is -2.18. The molecule has 0 aromatic rings. The van der Waals surface area contributed by atoms with Crippen LogP contribution in [0.2, 0.25) is 0 Å². The molecule has 0 heterocycles. The zero-order chi connectivity index (χ0) is 11.7. The molecule has 0 bridgehead atoms. The summed E-state index contributed by atoms with van der Waals surface area (Å²) in [5, 5.41) is 3.16. The van der Waals surface area contributed by atoms with E-state index in [2.05, 4.69) is 12.2 Å². The molecule has 0 spiro atoms. The normalized spacial score (nSPS) is 14.7. The van der Waals surface area contributed by atoms with Gasteiger partial charge in [-0.2, -0.15) is 0 Å². The first-order valence-electron chi connectivity index (χ1n) is 5.49. The molecule has 0 radical (unpaired) electrons. The summed E-state index contributed by atoms with van der Waals surface area (Å²) in [4.78, 5) is 11.4. The summed E-state index contributed by atoms with van der Waals surface area (Å²) in [7, 11) is 3.08. The van der Waals surface area contributed by atoms with Crippen molar-refractivity contribution in [3.05, 3.63) is 0 Å². The highest BCUT2D eigenvalue weighted by Crippen LogP contribution is 2.02. The topological polar surface area (TPSA) is 47.6 Å². The Morgan fingerprint density at radius 2 is 2.07 bits per heavy atom. The van der Waals surface area contributed by atoms with E-state index in [4.69, 9.17) is 9.47 Å². The number of rotatable bonds is 8. The quantitative estimate of drug-likeness (QED) is 0.623. The second kappa shape index (κ2) is 8.68. The number of unbranched alkanes of at least 4 members (excludes halogenated alkanes) is 1. The van der Waals surface area contributed by atoms with E-state index >= 15 is 0 Å². The average Bonchev–Trinajstić information content (AvgIpc) is 2.27. The number of carbonyl (C=O) groups excluding carboxylic acids is 1. The van der Waals surface area contributed by atoms with Crippen molar-refractivity contribution in [2.45, 2.75) is 45.3 Å². The van der Waals surface area contributed by atoms with Gasteiger partial charge in [0.15, 0.2) is 0 Å². The van der Waals surface area contributed by atoms with Gasteiger partial charge in [0.1, 0.15) is 6.04 Å². The Labute approximate surface area is 92.3 Å². The molecular weight excluding hydrogens is 194 g/mol. The third kappa shape index (κ3) is 6.47. The molecule has 4 nitrogen and oxygen atoms in total. The zero-order valence-corrected chi connectivity index (χ0v) is 10.2. The van der Waals surface area contributed by atoms with E-state index in [-0.39, 0.29) is 18.1 Å². The maximum Gasteiger partial charge on any atom is 0.322 e. The summed E-state index contributed by atoms with van der Waals surface area (Å²) < 4.78 is 9.84. The minimum Gasteiger partial charge on any atom is -0.468 e. The summed E-state index contributed by atoms with van der Waals surface area (Å²) in [5.41, 5.74) is 0. The first kappa shape index (κ1) is 14.4. The van der Waals surface area contributed by atoms with Crippen molar-refractivity contribution >= 4 is 5.97 Å². The molecule has 0 saturated heterocycles. The monoisotopic (exact) mass is 217 g/mol. The fourth-order valence-corrected chi connectivity index (χ4v) is 1.25. The lowest BCUT2D eigenvalue weighted by atomic mass is 10.1. The summed E-state index contributed by atoms with van der Waals surface area (Å²) in [6.45, 7) is 4.73. The van der Waals surface area contributed by atoms with Crippen LogP contribution in [0.5, 0.6) is 0 Å². The summed E-state index contributed by atoms with van der Waals surface area (Å²) >= 11 is 0. The van der Waals surface area contributed by atoms with E-state index in [1.165, 1.54) is 7.11 Å². The zero-order valence-electron chi connectivity index (χ0n) is 10.2. The largest absolute Gasteiger partial charge is 0.468 e. The van der Waals surface area contributed by atoms with Crippen LogP contribution >= 0.6 is 0 Å². The molecule has 0 fully saturated rings. The second-order valence-corrected chi connectivity index (χ2v) is 3.67. The molecule has 0 rings (SSSR count). The van der Waals surface area contributed by atoms with Crippen molar-refractivity contribution in [2.75, 3.05) is 20.8 Å². The van der Waals surface area contributed by atoms with Crippen LogP contribution in [0.1, 0.15) is 33.1 Å². The van der Waals surface area contributed by atoms with Gasteiger partial charge in [0.2, 0.25) is 0 Å². The number of carbonyl (C=O) groups is 1. The third-order valence-corrected chi connectivity index (χ3v) is 2.39. The van der Waals surface area contributed by atoms with E-state index in [1.807, 2.05) is 6.92 Å². The van der Waals surface area contributed by atoms with Gasteiger partial charge in [0.05, 0.1) is 13.2 Å². The SMILES string of the molecule is CCCCC(NCC(C)OC)C(=O)OC. The Balaban J connectivity index is 3.95. The first-order chi connectivity index (χ1) is 7.15. The van der Waals surface area contributed by atoms with Crippen LogP contribution in [0, 0.1) is 0 Å². The summed E-state index contributed by atoms with van der Waals surface area (Å²) in [5.74, 6) is -0.188. The predicted molar refractivity (Wildman–Crippen MR) is 59.8 cm³/mol. The molecule has 0 aliphatic rings. The molecule has 90 valence electrons. The molecule has 2 atom stereocenters. The molecule has 0 aromatic carbocycles. The number of hydrogen-bond acceptors (Lipinski definition) is 4. The number of nitrogens with one attached hydrogen (secondary N) is 1. The van der Waals surface area contributed by atoms with Gasteiger partial charge in [-0.15, -0.1) is 0 Å². The number of methoxy groups -OCH3 is 2. The van der Waals surface area contributed by atoms with E-state index in [1.54, 1.807) is 7.11 Å².